The van der Waals surface area contributed by atoms with Crippen LogP contribution in [0.25, 0.3) is 6.08 Å². The smallest absolute Gasteiger partial charge is 0.416 e. The van der Waals surface area contributed by atoms with Crippen LogP contribution in [0.4, 0.5) is 18.9 Å². The maximum Gasteiger partial charge on any atom is 0.416 e. The lowest BCUT2D eigenvalue weighted by atomic mass is 10.1. The molecule has 0 radical (unpaired) electrons. The van der Waals surface area contributed by atoms with Crippen LogP contribution in [-0.4, -0.2) is 31.2 Å². The van der Waals surface area contributed by atoms with Gasteiger partial charge in [-0.1, -0.05) is 36.4 Å². The topological polar surface area (TPSA) is 81.7 Å². The molecule has 0 saturated carbocycles. The first-order valence-corrected chi connectivity index (χ1v) is 10.4. The van der Waals surface area contributed by atoms with Crippen LogP contribution in [0.5, 0.6) is 11.5 Å². The average molecular weight is 481 g/mol. The maximum atomic E-state index is 12.8. The third-order valence-electron chi connectivity index (χ3n) is 5.24. The lowest BCUT2D eigenvalue weighted by Gasteiger charge is -2.12. The van der Waals surface area contributed by atoms with Crippen molar-refractivity contribution < 1.29 is 37.0 Å². The van der Waals surface area contributed by atoms with Gasteiger partial charge in [-0.05, 0) is 42.0 Å². The molecule has 0 spiro atoms. The van der Waals surface area contributed by atoms with Crippen molar-refractivity contribution in [1.82, 2.24) is 0 Å². The second kappa shape index (κ2) is 9.46. The summed E-state index contributed by atoms with van der Waals surface area (Å²) in [4.78, 5) is 37.3. The molecule has 0 atom stereocenters. The summed E-state index contributed by atoms with van der Waals surface area (Å²) in [5.41, 5.74) is 0.332. The van der Waals surface area contributed by atoms with Gasteiger partial charge in [-0.25, -0.2) is 0 Å². The minimum absolute atomic E-state index is 0.0192. The van der Waals surface area contributed by atoms with E-state index in [2.05, 4.69) is 5.32 Å². The standard InChI is InChI=1S/C26H18F3NO5/c1-34-22-12-15(11-20-24(32)18-7-2-3-8-19(18)25(20)33)9-10-21(22)35-14-23(31)30-17-6-4-5-16(13-17)26(27,28)29/h2-13H,14H2,1H3,(H,30,31). The lowest BCUT2D eigenvalue weighted by molar-refractivity contribution is -0.137. The zero-order chi connectivity index (χ0) is 25.2. The summed E-state index contributed by atoms with van der Waals surface area (Å²) in [6.45, 7) is -0.487. The number of carbonyl (C=O) groups excluding carboxylic acids is 3. The fraction of sp³-hybridized carbons (Fsp3) is 0.115. The van der Waals surface area contributed by atoms with E-state index in [-0.39, 0.29) is 34.3 Å². The molecule has 9 heteroatoms. The number of fused-ring (bicyclic) bond motifs is 1. The van der Waals surface area contributed by atoms with Crippen LogP contribution in [-0.2, 0) is 11.0 Å². The Morgan fingerprint density at radius 3 is 2.23 bits per heavy atom. The van der Waals surface area contributed by atoms with E-state index in [1.807, 2.05) is 0 Å². The Kier molecular flexibility index (Phi) is 6.42. The number of carbonyl (C=O) groups is 3. The van der Waals surface area contributed by atoms with Gasteiger partial charge < -0.3 is 14.8 Å². The van der Waals surface area contributed by atoms with Crippen LogP contribution in [0.2, 0.25) is 0 Å². The van der Waals surface area contributed by atoms with Crippen molar-refractivity contribution in [3.8, 4) is 11.5 Å². The molecule has 6 nitrogen and oxygen atoms in total. The van der Waals surface area contributed by atoms with Crippen molar-refractivity contribution in [2.45, 2.75) is 6.18 Å². The van der Waals surface area contributed by atoms with Gasteiger partial charge in [0.15, 0.2) is 29.7 Å². The highest BCUT2D eigenvalue weighted by molar-refractivity contribution is 6.41. The molecule has 3 aromatic carbocycles. The van der Waals surface area contributed by atoms with Crippen molar-refractivity contribution in [2.75, 3.05) is 19.0 Å². The van der Waals surface area contributed by atoms with Gasteiger partial charge in [0.25, 0.3) is 5.91 Å². The molecule has 1 amide bonds. The monoisotopic (exact) mass is 481 g/mol. The number of anilines is 1. The summed E-state index contributed by atoms with van der Waals surface area (Å²) in [7, 11) is 1.38. The molecule has 178 valence electrons. The highest BCUT2D eigenvalue weighted by Gasteiger charge is 2.32. The van der Waals surface area contributed by atoms with E-state index in [1.54, 1.807) is 30.3 Å². The molecular weight excluding hydrogens is 463 g/mol. The van der Waals surface area contributed by atoms with Crippen LogP contribution in [0, 0.1) is 0 Å². The van der Waals surface area contributed by atoms with Gasteiger partial charge in [0.2, 0.25) is 0 Å². The molecule has 3 aromatic rings. The molecule has 0 aromatic heterocycles. The maximum absolute atomic E-state index is 12.8. The fourth-order valence-corrected chi connectivity index (χ4v) is 3.58. The van der Waals surface area contributed by atoms with Gasteiger partial charge >= 0.3 is 6.18 Å². The summed E-state index contributed by atoms with van der Waals surface area (Å²) >= 11 is 0. The number of hydrogen-bond donors (Lipinski definition) is 1. The third-order valence-corrected chi connectivity index (χ3v) is 5.24. The van der Waals surface area contributed by atoms with E-state index in [0.717, 1.165) is 12.1 Å². The second-order valence-corrected chi connectivity index (χ2v) is 7.59. The van der Waals surface area contributed by atoms with Gasteiger partial charge in [-0.15, -0.1) is 0 Å². The van der Waals surface area contributed by atoms with Crippen LogP contribution in [0.3, 0.4) is 0 Å². The third kappa shape index (κ3) is 5.08. The number of ketones is 2. The highest BCUT2D eigenvalue weighted by Crippen LogP contribution is 2.32. The first-order chi connectivity index (χ1) is 16.7. The molecule has 0 heterocycles. The van der Waals surface area contributed by atoms with Gasteiger partial charge in [0.1, 0.15) is 0 Å². The van der Waals surface area contributed by atoms with Gasteiger partial charge in [-0.3, -0.25) is 14.4 Å². The summed E-state index contributed by atoms with van der Waals surface area (Å²) in [6.07, 6.45) is -3.07. The minimum Gasteiger partial charge on any atom is -0.493 e. The molecule has 0 unspecified atom stereocenters. The van der Waals surface area contributed by atoms with Crippen LogP contribution in [0.1, 0.15) is 31.8 Å². The molecule has 0 aliphatic heterocycles. The largest absolute Gasteiger partial charge is 0.493 e. The molecule has 1 aliphatic rings. The SMILES string of the molecule is COc1cc(C=C2C(=O)c3ccccc3C2=O)ccc1OCC(=O)Nc1cccc(C(F)(F)F)c1. The number of allylic oxidation sites excluding steroid dienone is 1. The Bertz CT molecular complexity index is 1320. The van der Waals surface area contributed by atoms with E-state index in [4.69, 9.17) is 9.47 Å². The summed E-state index contributed by atoms with van der Waals surface area (Å²) in [6, 6.07) is 15.4. The molecule has 1 N–H and O–H groups in total. The van der Waals surface area contributed by atoms with Crippen molar-refractivity contribution in [3.63, 3.8) is 0 Å². The fourth-order valence-electron chi connectivity index (χ4n) is 3.58. The van der Waals surface area contributed by atoms with Crippen molar-refractivity contribution >= 4 is 29.2 Å². The van der Waals surface area contributed by atoms with Crippen LogP contribution < -0.4 is 14.8 Å². The Morgan fingerprint density at radius 2 is 1.60 bits per heavy atom. The first-order valence-electron chi connectivity index (χ1n) is 10.4. The van der Waals surface area contributed by atoms with Gasteiger partial charge in [-0.2, -0.15) is 13.2 Å². The molecule has 1 aliphatic carbocycles. The number of amides is 1. The van der Waals surface area contributed by atoms with Crippen molar-refractivity contribution in [2.24, 2.45) is 0 Å². The summed E-state index contributed by atoms with van der Waals surface area (Å²) in [5.74, 6) is -0.965. The zero-order valence-electron chi connectivity index (χ0n) is 18.3. The highest BCUT2D eigenvalue weighted by atomic mass is 19.4. The number of ether oxygens (including phenoxy) is 2. The Morgan fingerprint density at radius 1 is 0.914 bits per heavy atom. The Hall–Kier alpha value is -4.40. The zero-order valence-corrected chi connectivity index (χ0v) is 18.3. The van der Waals surface area contributed by atoms with Crippen molar-refractivity contribution in [3.05, 3.63) is 94.6 Å². The van der Waals surface area contributed by atoms with Crippen LogP contribution in [0.15, 0.2) is 72.3 Å². The molecule has 0 saturated heterocycles. The first kappa shape index (κ1) is 23.7. The number of methoxy groups -OCH3 is 1. The minimum atomic E-state index is -4.53. The second-order valence-electron chi connectivity index (χ2n) is 7.59. The number of Topliss-reactive ketones (excluding diaryl/α,β-unsaturated/α-hetero) is 2. The van der Waals surface area contributed by atoms with E-state index in [0.29, 0.717) is 16.7 Å². The van der Waals surface area contributed by atoms with Crippen molar-refractivity contribution in [1.29, 1.82) is 0 Å². The molecular formula is C26H18F3NO5. The number of benzene rings is 3. The number of nitrogens with one attached hydrogen (secondary N) is 1. The Labute approximate surface area is 198 Å². The predicted molar refractivity (Wildman–Crippen MR) is 122 cm³/mol. The predicted octanol–water partition coefficient (Wildman–Crippen LogP) is 5.19. The van der Waals surface area contributed by atoms with Crippen LogP contribution >= 0.6 is 0 Å². The van der Waals surface area contributed by atoms with E-state index in [1.165, 1.54) is 37.5 Å². The summed E-state index contributed by atoms with van der Waals surface area (Å²) < 4.78 is 49.3. The van der Waals surface area contributed by atoms with E-state index >= 15 is 0 Å². The molecule has 0 bridgehead atoms. The number of alkyl halides is 3. The van der Waals surface area contributed by atoms with Gasteiger partial charge in [0.05, 0.1) is 18.2 Å². The molecule has 4 rings (SSSR count). The summed E-state index contributed by atoms with van der Waals surface area (Å²) in [5, 5.41) is 2.35. The average Bonchev–Trinajstić information content (AvgIpc) is 3.07. The normalized spacial score (nSPS) is 12.9. The van der Waals surface area contributed by atoms with E-state index < -0.39 is 24.3 Å². The quantitative estimate of drug-likeness (QED) is 0.387. The molecule has 0 fully saturated rings. The van der Waals surface area contributed by atoms with E-state index in [9.17, 15) is 27.6 Å². The lowest BCUT2D eigenvalue weighted by Crippen LogP contribution is -2.20. The number of hydrogen-bond acceptors (Lipinski definition) is 5. The number of halogens is 3. The van der Waals surface area contributed by atoms with Gasteiger partial charge in [0, 0.05) is 16.8 Å². The number of rotatable bonds is 6. The Balaban J connectivity index is 1.45. The molecule has 35 heavy (non-hydrogen) atoms.